The molecule has 0 unspecified atom stereocenters. The van der Waals surface area contributed by atoms with Gasteiger partial charge in [-0.3, -0.25) is 0 Å². The van der Waals surface area contributed by atoms with Crippen LogP contribution in [0.1, 0.15) is 13.3 Å². The summed E-state index contributed by atoms with van der Waals surface area (Å²) in [4.78, 5) is 6.12. The summed E-state index contributed by atoms with van der Waals surface area (Å²) < 4.78 is 3.91. The summed E-state index contributed by atoms with van der Waals surface area (Å²) in [5.74, 6) is 0. The van der Waals surface area contributed by atoms with E-state index in [4.69, 9.17) is 5.11 Å². The molecule has 5 heteroatoms. The topological polar surface area (TPSA) is 49.2 Å². The second kappa shape index (κ2) is 5.05. The third-order valence-electron chi connectivity index (χ3n) is 1.48. The Labute approximate surface area is 76.0 Å². The zero-order chi connectivity index (χ0) is 8.81. The number of hydrogen-bond donors (Lipinski definition) is 1. The van der Waals surface area contributed by atoms with Crippen molar-refractivity contribution in [2.45, 2.75) is 13.3 Å². The summed E-state index contributed by atoms with van der Waals surface area (Å²) >= 11 is 1.36. The third-order valence-corrected chi connectivity index (χ3v) is 2.21. The van der Waals surface area contributed by atoms with Gasteiger partial charge in [0, 0.05) is 24.6 Å². The van der Waals surface area contributed by atoms with Gasteiger partial charge in [0.05, 0.1) is 6.61 Å². The van der Waals surface area contributed by atoms with Gasteiger partial charge in [0.2, 0.25) is 5.13 Å². The number of nitrogens with zero attached hydrogens (tertiary/aromatic N) is 3. The highest BCUT2D eigenvalue weighted by Gasteiger charge is 2.06. The van der Waals surface area contributed by atoms with Crippen LogP contribution < -0.4 is 4.90 Å². The minimum absolute atomic E-state index is 0.166. The van der Waals surface area contributed by atoms with Gasteiger partial charge in [-0.1, -0.05) is 6.92 Å². The normalized spacial score (nSPS) is 10.2. The fourth-order valence-electron chi connectivity index (χ4n) is 1.00. The van der Waals surface area contributed by atoms with E-state index in [0.29, 0.717) is 6.54 Å². The number of anilines is 1. The maximum atomic E-state index is 8.78. The van der Waals surface area contributed by atoms with E-state index in [1.807, 2.05) is 4.90 Å². The van der Waals surface area contributed by atoms with E-state index in [0.717, 1.165) is 18.1 Å². The van der Waals surface area contributed by atoms with Crippen molar-refractivity contribution in [3.63, 3.8) is 0 Å². The van der Waals surface area contributed by atoms with Crippen molar-refractivity contribution in [2.75, 3.05) is 24.6 Å². The molecule has 1 N–H and O–H groups in total. The van der Waals surface area contributed by atoms with Gasteiger partial charge in [-0.25, -0.2) is 4.98 Å². The molecule has 68 valence electrons. The van der Waals surface area contributed by atoms with E-state index in [1.54, 1.807) is 6.33 Å². The predicted molar refractivity (Wildman–Crippen MR) is 49.5 cm³/mol. The second-order valence-electron chi connectivity index (χ2n) is 2.43. The Morgan fingerprint density at radius 1 is 1.58 bits per heavy atom. The first kappa shape index (κ1) is 9.41. The van der Waals surface area contributed by atoms with Crippen LogP contribution in [0.25, 0.3) is 0 Å². The van der Waals surface area contributed by atoms with E-state index >= 15 is 0 Å². The van der Waals surface area contributed by atoms with Crippen LogP contribution in [-0.2, 0) is 0 Å². The molecule has 0 aliphatic rings. The van der Waals surface area contributed by atoms with Crippen LogP contribution in [0.2, 0.25) is 0 Å². The van der Waals surface area contributed by atoms with Gasteiger partial charge < -0.3 is 10.0 Å². The molecule has 1 aromatic heterocycles. The highest BCUT2D eigenvalue weighted by molar-refractivity contribution is 7.09. The lowest BCUT2D eigenvalue weighted by molar-refractivity contribution is 0.302. The summed E-state index contributed by atoms with van der Waals surface area (Å²) in [6.45, 7) is 3.84. The quantitative estimate of drug-likeness (QED) is 0.739. The molecular formula is C7H13N3OS. The Bertz CT molecular complexity index is 196. The Balaban J connectivity index is 2.53. The van der Waals surface area contributed by atoms with E-state index in [-0.39, 0.29) is 6.61 Å². The van der Waals surface area contributed by atoms with Crippen LogP contribution in [0, 0.1) is 0 Å². The van der Waals surface area contributed by atoms with E-state index in [1.165, 1.54) is 11.5 Å². The van der Waals surface area contributed by atoms with Gasteiger partial charge in [0.25, 0.3) is 0 Å². The largest absolute Gasteiger partial charge is 0.395 e. The van der Waals surface area contributed by atoms with Crippen LogP contribution >= 0.6 is 11.5 Å². The summed E-state index contributed by atoms with van der Waals surface area (Å²) in [7, 11) is 0. The van der Waals surface area contributed by atoms with Gasteiger partial charge in [0.15, 0.2) is 0 Å². The molecule has 1 heterocycles. The summed E-state index contributed by atoms with van der Waals surface area (Å²) in [6.07, 6.45) is 2.60. The van der Waals surface area contributed by atoms with Gasteiger partial charge >= 0.3 is 0 Å². The maximum absolute atomic E-state index is 8.78. The highest BCUT2D eigenvalue weighted by Crippen LogP contribution is 2.13. The summed E-state index contributed by atoms with van der Waals surface area (Å²) in [6, 6.07) is 0. The summed E-state index contributed by atoms with van der Waals surface area (Å²) in [5.41, 5.74) is 0. The molecule has 0 spiro atoms. The van der Waals surface area contributed by atoms with Gasteiger partial charge in [-0.2, -0.15) is 4.37 Å². The zero-order valence-electron chi connectivity index (χ0n) is 7.10. The minimum atomic E-state index is 0.166. The molecule has 0 fully saturated rings. The van der Waals surface area contributed by atoms with Crippen LogP contribution in [0.3, 0.4) is 0 Å². The standard InChI is InChI=1S/C7H13N3OS/c1-2-3-10(4-5-11)7-8-6-9-12-7/h6,11H,2-5H2,1H3. The first-order valence-electron chi connectivity index (χ1n) is 4.01. The molecule has 4 nitrogen and oxygen atoms in total. The van der Waals surface area contributed by atoms with Crippen molar-refractivity contribution in [3.8, 4) is 0 Å². The number of rotatable bonds is 5. The van der Waals surface area contributed by atoms with Crippen molar-refractivity contribution in [3.05, 3.63) is 6.33 Å². The number of aromatic nitrogens is 2. The smallest absolute Gasteiger partial charge is 0.204 e. The van der Waals surface area contributed by atoms with Crippen LogP contribution in [0.15, 0.2) is 6.33 Å². The Morgan fingerprint density at radius 2 is 2.42 bits per heavy atom. The molecule has 0 saturated heterocycles. The molecule has 0 saturated carbocycles. The molecule has 1 aromatic rings. The number of aliphatic hydroxyl groups excluding tert-OH is 1. The van der Waals surface area contributed by atoms with Crippen molar-refractivity contribution >= 4 is 16.7 Å². The lowest BCUT2D eigenvalue weighted by Gasteiger charge is -2.18. The van der Waals surface area contributed by atoms with Crippen molar-refractivity contribution < 1.29 is 5.11 Å². The predicted octanol–water partition coefficient (Wildman–Crippen LogP) is 0.747. The zero-order valence-corrected chi connectivity index (χ0v) is 7.92. The first-order chi connectivity index (χ1) is 5.88. The highest BCUT2D eigenvalue weighted by atomic mass is 32.1. The monoisotopic (exact) mass is 187 g/mol. The first-order valence-corrected chi connectivity index (χ1v) is 4.78. The fraction of sp³-hybridized carbons (Fsp3) is 0.714. The molecule has 12 heavy (non-hydrogen) atoms. The molecule has 0 radical (unpaired) electrons. The average molecular weight is 187 g/mol. The van der Waals surface area contributed by atoms with E-state index in [2.05, 4.69) is 16.3 Å². The van der Waals surface area contributed by atoms with Crippen molar-refractivity contribution in [2.24, 2.45) is 0 Å². The Kier molecular flexibility index (Phi) is 3.96. The fourth-order valence-corrected chi connectivity index (χ4v) is 1.58. The number of aliphatic hydroxyl groups is 1. The lowest BCUT2D eigenvalue weighted by Crippen LogP contribution is -2.27. The molecule has 0 aliphatic heterocycles. The summed E-state index contributed by atoms with van der Waals surface area (Å²) in [5, 5.41) is 9.67. The molecule has 0 bridgehead atoms. The van der Waals surface area contributed by atoms with E-state index in [9.17, 15) is 0 Å². The molecule has 1 rings (SSSR count). The molecule has 0 atom stereocenters. The molecule has 0 aromatic carbocycles. The molecule has 0 amide bonds. The molecular weight excluding hydrogens is 174 g/mol. The number of hydrogen-bond acceptors (Lipinski definition) is 5. The lowest BCUT2D eigenvalue weighted by atomic mass is 10.4. The second-order valence-corrected chi connectivity index (χ2v) is 3.19. The van der Waals surface area contributed by atoms with Crippen LogP contribution in [0.5, 0.6) is 0 Å². The maximum Gasteiger partial charge on any atom is 0.204 e. The van der Waals surface area contributed by atoms with Crippen LogP contribution in [0.4, 0.5) is 5.13 Å². The minimum Gasteiger partial charge on any atom is -0.395 e. The average Bonchev–Trinajstić information content (AvgIpc) is 2.56. The Morgan fingerprint density at radius 3 is 2.92 bits per heavy atom. The van der Waals surface area contributed by atoms with Crippen molar-refractivity contribution in [1.29, 1.82) is 0 Å². The van der Waals surface area contributed by atoms with E-state index < -0.39 is 0 Å². The van der Waals surface area contributed by atoms with Crippen LogP contribution in [-0.4, -0.2) is 34.2 Å². The van der Waals surface area contributed by atoms with Gasteiger partial charge in [0.1, 0.15) is 6.33 Å². The SMILES string of the molecule is CCCN(CCO)c1ncns1. The Hall–Kier alpha value is -0.680. The molecule has 0 aliphatic carbocycles. The van der Waals surface area contributed by atoms with Crippen molar-refractivity contribution in [1.82, 2.24) is 9.36 Å². The third kappa shape index (κ3) is 2.42. The van der Waals surface area contributed by atoms with Gasteiger partial charge in [-0.15, -0.1) is 0 Å². The van der Waals surface area contributed by atoms with Gasteiger partial charge in [-0.05, 0) is 6.42 Å².